The molecule has 0 fully saturated rings. The van der Waals surface area contributed by atoms with Crippen molar-refractivity contribution in [1.29, 1.82) is 5.26 Å². The van der Waals surface area contributed by atoms with Crippen molar-refractivity contribution >= 4 is 11.6 Å². The maximum absolute atomic E-state index is 13.5. The highest BCUT2D eigenvalue weighted by atomic mass is 19.1. The summed E-state index contributed by atoms with van der Waals surface area (Å²) in [4.78, 5) is 13.9. The van der Waals surface area contributed by atoms with Crippen LogP contribution < -0.4 is 9.64 Å². The molecule has 0 bridgehead atoms. The molecular weight excluding hydrogens is 330 g/mol. The zero-order chi connectivity index (χ0) is 18.4. The molecule has 0 radical (unpaired) electrons. The van der Waals surface area contributed by atoms with E-state index >= 15 is 0 Å². The van der Waals surface area contributed by atoms with Gasteiger partial charge >= 0.3 is 0 Å². The molecule has 0 spiro atoms. The summed E-state index contributed by atoms with van der Waals surface area (Å²) in [5, 5.41) is 18.0. The minimum Gasteiger partial charge on any atom is -0.503 e. The van der Waals surface area contributed by atoms with Crippen LogP contribution in [0.3, 0.4) is 0 Å². The minimum absolute atomic E-state index is 0.0437. The first-order valence-corrected chi connectivity index (χ1v) is 7.57. The summed E-state index contributed by atoms with van der Waals surface area (Å²) in [5.41, 5.74) is 0.192. The first-order chi connectivity index (χ1) is 12.0. The number of amides is 1. The molecule has 0 aliphatic heterocycles. The molecule has 0 aromatic heterocycles. The Morgan fingerprint density at radius 2 is 1.84 bits per heavy atom. The second-order valence-electron chi connectivity index (χ2n) is 5.08. The molecule has 0 aliphatic rings. The Kier molecular flexibility index (Phi) is 5.90. The first kappa shape index (κ1) is 18.2. The molecule has 0 heterocycles. The molecule has 1 amide bonds. The highest BCUT2D eigenvalue weighted by molar-refractivity contribution is 6.06. The number of rotatable bonds is 6. The normalized spacial score (nSPS) is 10.2. The second kappa shape index (κ2) is 8.11. The number of hydrogen-bond acceptors (Lipinski definition) is 4. The Morgan fingerprint density at radius 1 is 1.24 bits per heavy atom. The highest BCUT2D eigenvalue weighted by Crippen LogP contribution is 2.25. The number of carbonyl (C=O) groups excluding carboxylic acids is 1. The number of benzene rings is 2. The molecule has 25 heavy (non-hydrogen) atoms. The Balaban J connectivity index is 2.36. The summed E-state index contributed by atoms with van der Waals surface area (Å²) >= 11 is 0. The van der Waals surface area contributed by atoms with Gasteiger partial charge in [0.25, 0.3) is 5.91 Å². The Bertz CT molecular complexity index is 778. The molecule has 7 heteroatoms. The average molecular weight is 346 g/mol. The monoisotopic (exact) mass is 346 g/mol. The zero-order valence-electron chi connectivity index (χ0n) is 13.5. The predicted octanol–water partition coefficient (Wildman–Crippen LogP) is 3.63. The van der Waals surface area contributed by atoms with Crippen molar-refractivity contribution in [3.05, 3.63) is 53.6 Å². The average Bonchev–Trinajstić information content (AvgIpc) is 2.61. The van der Waals surface area contributed by atoms with Gasteiger partial charge in [-0.05, 0) is 43.3 Å². The molecule has 1 N–H and O–H groups in total. The molecule has 0 aliphatic carbocycles. The van der Waals surface area contributed by atoms with Crippen molar-refractivity contribution in [2.24, 2.45) is 0 Å². The van der Waals surface area contributed by atoms with Crippen molar-refractivity contribution in [3.8, 4) is 17.6 Å². The largest absolute Gasteiger partial charge is 0.503 e. The Labute approximate surface area is 143 Å². The maximum Gasteiger partial charge on any atom is 0.258 e. The minimum atomic E-state index is -1.23. The predicted molar refractivity (Wildman–Crippen MR) is 87.5 cm³/mol. The van der Waals surface area contributed by atoms with Crippen LogP contribution in [0.15, 0.2) is 36.4 Å². The van der Waals surface area contributed by atoms with Crippen molar-refractivity contribution in [3.63, 3.8) is 0 Å². The summed E-state index contributed by atoms with van der Waals surface area (Å²) in [7, 11) is 0. The number of carbonyl (C=O) groups is 1. The van der Waals surface area contributed by atoms with Gasteiger partial charge in [-0.15, -0.1) is 0 Å². The fourth-order valence-corrected chi connectivity index (χ4v) is 2.24. The van der Waals surface area contributed by atoms with Gasteiger partial charge in [0, 0.05) is 17.8 Å². The van der Waals surface area contributed by atoms with Gasteiger partial charge in [0.1, 0.15) is 5.75 Å². The van der Waals surface area contributed by atoms with Gasteiger partial charge < -0.3 is 14.7 Å². The quantitative estimate of drug-likeness (QED) is 0.867. The van der Waals surface area contributed by atoms with E-state index in [-0.39, 0.29) is 18.5 Å². The van der Waals surface area contributed by atoms with Crippen LogP contribution in [0.5, 0.6) is 11.5 Å². The number of hydrogen-bond donors (Lipinski definition) is 1. The van der Waals surface area contributed by atoms with Gasteiger partial charge in [0.2, 0.25) is 0 Å². The van der Waals surface area contributed by atoms with Gasteiger partial charge in [-0.25, -0.2) is 8.78 Å². The maximum atomic E-state index is 13.5. The van der Waals surface area contributed by atoms with Crippen molar-refractivity contribution < 1.29 is 23.4 Å². The van der Waals surface area contributed by atoms with E-state index in [1.165, 1.54) is 4.90 Å². The van der Waals surface area contributed by atoms with Gasteiger partial charge in [-0.2, -0.15) is 5.26 Å². The van der Waals surface area contributed by atoms with Crippen LogP contribution in [0.2, 0.25) is 0 Å². The van der Waals surface area contributed by atoms with Crippen LogP contribution in [0.25, 0.3) is 0 Å². The zero-order valence-corrected chi connectivity index (χ0v) is 13.5. The third-order valence-corrected chi connectivity index (χ3v) is 3.42. The summed E-state index contributed by atoms with van der Waals surface area (Å²) < 4.78 is 32.4. The molecule has 0 saturated heterocycles. The topological polar surface area (TPSA) is 73.6 Å². The lowest BCUT2D eigenvalue weighted by Crippen LogP contribution is -2.32. The van der Waals surface area contributed by atoms with Gasteiger partial charge in [0.05, 0.1) is 19.1 Å². The van der Waals surface area contributed by atoms with E-state index < -0.39 is 23.3 Å². The smallest absolute Gasteiger partial charge is 0.258 e. The molecule has 2 aromatic rings. The van der Waals surface area contributed by atoms with E-state index in [0.717, 1.165) is 12.1 Å². The number of phenolic OH excluding ortho intramolecular Hbond substituents is 1. The van der Waals surface area contributed by atoms with E-state index in [1.54, 1.807) is 24.3 Å². The van der Waals surface area contributed by atoms with E-state index in [9.17, 15) is 13.6 Å². The first-order valence-electron chi connectivity index (χ1n) is 7.57. The lowest BCUT2D eigenvalue weighted by atomic mass is 10.1. The lowest BCUT2D eigenvalue weighted by molar-refractivity contribution is 0.0986. The van der Waals surface area contributed by atoms with E-state index in [1.807, 2.05) is 13.0 Å². The van der Waals surface area contributed by atoms with Crippen LogP contribution in [0.1, 0.15) is 23.7 Å². The number of nitriles is 1. The van der Waals surface area contributed by atoms with E-state index in [4.69, 9.17) is 15.1 Å². The number of halogens is 2. The highest BCUT2D eigenvalue weighted by Gasteiger charge is 2.21. The Morgan fingerprint density at radius 3 is 2.36 bits per heavy atom. The van der Waals surface area contributed by atoms with Crippen LogP contribution in [0, 0.1) is 23.0 Å². The van der Waals surface area contributed by atoms with E-state index in [0.29, 0.717) is 18.0 Å². The molecule has 2 aromatic carbocycles. The molecule has 0 atom stereocenters. The van der Waals surface area contributed by atoms with Gasteiger partial charge in [-0.1, -0.05) is 0 Å². The van der Waals surface area contributed by atoms with Crippen LogP contribution in [-0.4, -0.2) is 24.2 Å². The fraction of sp³-hybridized carbons (Fsp3) is 0.222. The summed E-state index contributed by atoms with van der Waals surface area (Å²) in [5.74, 6) is -3.66. The second-order valence-corrected chi connectivity index (χ2v) is 5.08. The summed E-state index contributed by atoms with van der Waals surface area (Å²) in [6.07, 6.45) is 0.0437. The molecule has 130 valence electrons. The van der Waals surface area contributed by atoms with Gasteiger partial charge in [0.15, 0.2) is 17.4 Å². The lowest BCUT2D eigenvalue weighted by Gasteiger charge is -2.22. The van der Waals surface area contributed by atoms with E-state index in [2.05, 4.69) is 0 Å². The van der Waals surface area contributed by atoms with Gasteiger partial charge in [-0.3, -0.25) is 4.79 Å². The SMILES string of the molecule is CCOc1ccc(N(CCC#N)C(=O)c2cc(F)c(O)c(F)c2)cc1. The third kappa shape index (κ3) is 4.23. The molecular formula is C18H16F2N2O3. The van der Waals surface area contributed by atoms with Crippen molar-refractivity contribution in [1.82, 2.24) is 0 Å². The van der Waals surface area contributed by atoms with Crippen LogP contribution >= 0.6 is 0 Å². The molecule has 0 saturated carbocycles. The van der Waals surface area contributed by atoms with Crippen molar-refractivity contribution in [2.75, 3.05) is 18.1 Å². The standard InChI is InChI=1S/C18H16F2N2O3/c1-2-25-14-6-4-13(5-7-14)22(9-3-8-21)18(24)12-10-15(19)17(23)16(20)11-12/h4-7,10-11,23H,2-3,9H2,1H3. The summed E-state index contributed by atoms with van der Waals surface area (Å²) in [6, 6.07) is 10.00. The summed E-state index contributed by atoms with van der Waals surface area (Å²) in [6.45, 7) is 2.38. The third-order valence-electron chi connectivity index (χ3n) is 3.42. The Hall–Kier alpha value is -3.14. The van der Waals surface area contributed by atoms with Crippen LogP contribution in [-0.2, 0) is 0 Å². The number of ether oxygens (including phenoxy) is 1. The number of phenols is 1. The number of anilines is 1. The molecule has 2 rings (SSSR count). The van der Waals surface area contributed by atoms with Crippen LogP contribution in [0.4, 0.5) is 14.5 Å². The molecule has 0 unspecified atom stereocenters. The number of aromatic hydroxyl groups is 1. The van der Waals surface area contributed by atoms with Crippen molar-refractivity contribution in [2.45, 2.75) is 13.3 Å². The number of nitrogens with zero attached hydrogens (tertiary/aromatic N) is 2. The fourth-order valence-electron chi connectivity index (χ4n) is 2.24. The molecule has 5 nitrogen and oxygen atoms in total.